The first-order valence-corrected chi connectivity index (χ1v) is 9.92. The van der Waals surface area contributed by atoms with Crippen LogP contribution < -0.4 is 11.2 Å². The van der Waals surface area contributed by atoms with E-state index in [0.29, 0.717) is 28.2 Å². The van der Waals surface area contributed by atoms with Crippen LogP contribution in [0.25, 0.3) is 16.8 Å². The molecule has 2 aromatic heterocycles. The number of aromatic nitrogens is 3. The molecule has 1 atom stereocenters. The number of nitrogen functional groups attached to an aromatic ring is 1. The highest BCUT2D eigenvalue weighted by atomic mass is 19.1. The van der Waals surface area contributed by atoms with Gasteiger partial charge in [0.05, 0.1) is 18.4 Å². The summed E-state index contributed by atoms with van der Waals surface area (Å²) in [6, 6.07) is 14.9. The molecule has 0 amide bonds. The Labute approximate surface area is 183 Å². The lowest BCUT2D eigenvalue weighted by molar-refractivity contribution is -0.825. The predicted octanol–water partition coefficient (Wildman–Crippen LogP) is 2.38. The Hall–Kier alpha value is -3.82. The van der Waals surface area contributed by atoms with Crippen molar-refractivity contribution >= 4 is 23.1 Å². The van der Waals surface area contributed by atoms with Crippen LogP contribution >= 0.6 is 0 Å². The molecule has 0 saturated heterocycles. The lowest BCUT2D eigenvalue weighted by atomic mass is 9.80. The normalized spacial score (nSPS) is 13.1. The average molecular weight is 436 g/mol. The molecule has 8 nitrogen and oxygen atoms in total. The van der Waals surface area contributed by atoms with E-state index in [1.165, 1.54) is 23.8 Å². The van der Waals surface area contributed by atoms with E-state index in [1.54, 1.807) is 55.6 Å². The number of anilines is 1. The highest BCUT2D eigenvalue weighted by Crippen LogP contribution is 2.35. The number of halogens is 1. The average Bonchev–Trinajstić information content (AvgIpc) is 3.14. The van der Waals surface area contributed by atoms with E-state index in [0.717, 1.165) is 11.0 Å². The van der Waals surface area contributed by atoms with Crippen LogP contribution in [0.15, 0.2) is 60.8 Å². The molecule has 0 spiro atoms. The number of hydrogen-bond donors (Lipinski definition) is 3. The molecule has 2 heterocycles. The lowest BCUT2D eigenvalue weighted by Crippen LogP contribution is -2.73. The van der Waals surface area contributed by atoms with Gasteiger partial charge in [-0.3, -0.25) is 4.79 Å². The van der Waals surface area contributed by atoms with Crippen molar-refractivity contribution in [2.75, 3.05) is 12.8 Å². The maximum absolute atomic E-state index is 13.8. The van der Waals surface area contributed by atoms with Crippen LogP contribution in [-0.2, 0) is 21.4 Å². The number of ether oxygens (including phenoxy) is 1. The van der Waals surface area contributed by atoms with Gasteiger partial charge in [0.2, 0.25) is 0 Å². The number of quaternary nitrogens is 1. The first kappa shape index (κ1) is 21.4. The summed E-state index contributed by atoms with van der Waals surface area (Å²) >= 11 is 0. The minimum Gasteiger partial charge on any atom is -0.468 e. The highest BCUT2D eigenvalue weighted by molar-refractivity contribution is 5.88. The van der Waals surface area contributed by atoms with E-state index in [9.17, 15) is 14.4 Å². The molecule has 0 saturated carbocycles. The zero-order valence-electron chi connectivity index (χ0n) is 17.6. The van der Waals surface area contributed by atoms with Crippen LogP contribution in [0, 0.1) is 5.82 Å². The summed E-state index contributed by atoms with van der Waals surface area (Å²) in [5, 5.41) is 13.6. The quantitative estimate of drug-likeness (QED) is 0.243. The summed E-state index contributed by atoms with van der Waals surface area (Å²) in [4.78, 5) is 17.4. The maximum atomic E-state index is 13.8. The second-order valence-electron chi connectivity index (χ2n) is 7.71. The lowest BCUT2D eigenvalue weighted by Gasteiger charge is -2.27. The number of benzene rings is 2. The van der Waals surface area contributed by atoms with Gasteiger partial charge < -0.3 is 10.5 Å². The summed E-state index contributed by atoms with van der Waals surface area (Å²) in [5.74, 6) is -0.639. The molecule has 5 N–H and O–H groups in total. The molecule has 32 heavy (non-hydrogen) atoms. The molecular formula is C23H23FN5O3+. The Morgan fingerprint density at radius 2 is 2.00 bits per heavy atom. The second-order valence-corrected chi connectivity index (χ2v) is 7.71. The summed E-state index contributed by atoms with van der Waals surface area (Å²) in [5.41, 5.74) is 9.71. The number of carbonyl (C=O) groups excluding carboxylic acids is 1. The SMILES string of the molecule is COC(=O)C(C)(Cc1cccc(F)c1)c1ccnc2c(-c3ccc([NH2+]O)cc3)c(N)nn12. The van der Waals surface area contributed by atoms with Gasteiger partial charge in [0, 0.05) is 18.3 Å². The molecule has 1 unspecified atom stereocenters. The number of carbonyl (C=O) groups is 1. The minimum absolute atomic E-state index is 0.187. The first-order chi connectivity index (χ1) is 15.4. The number of rotatable bonds is 6. The smallest absolute Gasteiger partial charge is 0.317 e. The maximum Gasteiger partial charge on any atom is 0.317 e. The van der Waals surface area contributed by atoms with Crippen molar-refractivity contribution in [2.45, 2.75) is 18.8 Å². The van der Waals surface area contributed by atoms with Crippen molar-refractivity contribution in [3.63, 3.8) is 0 Å². The fraction of sp³-hybridized carbons (Fsp3) is 0.174. The molecule has 0 radical (unpaired) electrons. The molecular weight excluding hydrogens is 413 g/mol. The van der Waals surface area contributed by atoms with Crippen LogP contribution in [0.2, 0.25) is 0 Å². The third-order valence-electron chi connectivity index (χ3n) is 5.54. The molecule has 9 heteroatoms. The summed E-state index contributed by atoms with van der Waals surface area (Å²) in [6.45, 7) is 1.72. The molecule has 4 rings (SSSR count). The Morgan fingerprint density at radius 3 is 2.66 bits per heavy atom. The zero-order chi connectivity index (χ0) is 22.9. The van der Waals surface area contributed by atoms with Gasteiger partial charge in [-0.2, -0.15) is 5.48 Å². The van der Waals surface area contributed by atoms with Crippen LogP contribution in [0.1, 0.15) is 18.2 Å². The number of methoxy groups -OCH3 is 1. The van der Waals surface area contributed by atoms with E-state index >= 15 is 0 Å². The summed E-state index contributed by atoms with van der Waals surface area (Å²) in [6.07, 6.45) is 1.77. The Balaban J connectivity index is 1.89. The van der Waals surface area contributed by atoms with Crippen LogP contribution in [0.5, 0.6) is 0 Å². The number of nitrogens with zero attached hydrogens (tertiary/aromatic N) is 3. The zero-order valence-corrected chi connectivity index (χ0v) is 17.6. The Kier molecular flexibility index (Phi) is 5.60. The summed E-state index contributed by atoms with van der Waals surface area (Å²) in [7, 11) is 1.31. The molecule has 0 aliphatic heterocycles. The van der Waals surface area contributed by atoms with Crippen molar-refractivity contribution < 1.29 is 24.6 Å². The van der Waals surface area contributed by atoms with E-state index in [4.69, 9.17) is 10.5 Å². The predicted molar refractivity (Wildman–Crippen MR) is 116 cm³/mol. The number of fused-ring (bicyclic) bond motifs is 1. The summed E-state index contributed by atoms with van der Waals surface area (Å²) < 4.78 is 20.5. The van der Waals surface area contributed by atoms with Gasteiger partial charge in [0.25, 0.3) is 0 Å². The van der Waals surface area contributed by atoms with Gasteiger partial charge in [-0.25, -0.2) is 19.1 Å². The van der Waals surface area contributed by atoms with Crippen molar-refractivity contribution in [2.24, 2.45) is 0 Å². The molecule has 2 aromatic carbocycles. The van der Waals surface area contributed by atoms with E-state index in [1.807, 2.05) is 0 Å². The molecule has 0 aliphatic carbocycles. The topological polar surface area (TPSA) is 119 Å². The number of nitrogens with two attached hydrogens (primary N) is 2. The highest BCUT2D eigenvalue weighted by Gasteiger charge is 2.40. The van der Waals surface area contributed by atoms with Gasteiger partial charge in [-0.15, -0.1) is 5.10 Å². The largest absolute Gasteiger partial charge is 0.468 e. The first-order valence-electron chi connectivity index (χ1n) is 9.92. The van der Waals surface area contributed by atoms with Crippen LogP contribution in [0.3, 0.4) is 0 Å². The van der Waals surface area contributed by atoms with Gasteiger partial charge in [0.15, 0.2) is 17.2 Å². The third kappa shape index (κ3) is 3.68. The second kappa shape index (κ2) is 8.37. The Bertz CT molecular complexity index is 1290. The number of esters is 1. The molecule has 4 aromatic rings. The fourth-order valence-electron chi connectivity index (χ4n) is 3.94. The standard InChI is InChI=1S/C23H22FN5O3/c1-23(22(30)32-2,13-14-4-3-5-16(24)12-14)18-10-11-26-21-19(20(25)27-29(18)21)15-6-8-17(28-31)9-7-15/h3-12,28,31H,13H2,1-2H3,(H2,25,27)/p+1. The van der Waals surface area contributed by atoms with Gasteiger partial charge in [0.1, 0.15) is 11.2 Å². The minimum atomic E-state index is -1.19. The van der Waals surface area contributed by atoms with Crippen LogP contribution in [-0.4, -0.2) is 32.9 Å². The van der Waals surface area contributed by atoms with Gasteiger partial charge >= 0.3 is 5.97 Å². The molecule has 164 valence electrons. The van der Waals surface area contributed by atoms with Crippen molar-refractivity contribution in [1.82, 2.24) is 14.6 Å². The van der Waals surface area contributed by atoms with E-state index in [-0.39, 0.29) is 18.1 Å². The van der Waals surface area contributed by atoms with E-state index in [2.05, 4.69) is 10.1 Å². The van der Waals surface area contributed by atoms with Crippen LogP contribution in [0.4, 0.5) is 15.9 Å². The van der Waals surface area contributed by atoms with Gasteiger partial charge in [-0.1, -0.05) is 12.1 Å². The molecule has 0 aliphatic rings. The molecule has 0 bridgehead atoms. The molecule has 0 fully saturated rings. The van der Waals surface area contributed by atoms with Crippen molar-refractivity contribution in [3.8, 4) is 11.1 Å². The van der Waals surface area contributed by atoms with E-state index < -0.39 is 11.4 Å². The monoisotopic (exact) mass is 436 g/mol. The fourth-order valence-corrected chi connectivity index (χ4v) is 3.94. The number of hydrogen-bond acceptors (Lipinski definition) is 6. The van der Waals surface area contributed by atoms with Gasteiger partial charge in [-0.05, 0) is 54.8 Å². The van der Waals surface area contributed by atoms with Crippen molar-refractivity contribution in [3.05, 3.63) is 77.9 Å². The third-order valence-corrected chi connectivity index (χ3v) is 5.54. The Morgan fingerprint density at radius 1 is 1.25 bits per heavy atom. The van der Waals surface area contributed by atoms with Crippen molar-refractivity contribution in [1.29, 1.82) is 0 Å².